The molecule has 3 rings (SSSR count). The number of hydrogen-bond acceptors (Lipinski definition) is 5. The molecule has 1 N–H and O–H groups in total. The highest BCUT2D eigenvalue weighted by molar-refractivity contribution is 7.99. The average Bonchev–Trinajstić information content (AvgIpc) is 3.05. The number of nitrogens with one attached hydrogen (secondary N) is 1. The molecule has 0 saturated carbocycles. The van der Waals surface area contributed by atoms with Gasteiger partial charge in [-0.2, -0.15) is 0 Å². The summed E-state index contributed by atoms with van der Waals surface area (Å²) in [4.78, 5) is 12.2. The first-order chi connectivity index (χ1) is 13.8. The van der Waals surface area contributed by atoms with Gasteiger partial charge < -0.3 is 14.6 Å². The van der Waals surface area contributed by atoms with Crippen LogP contribution in [0.3, 0.4) is 0 Å². The van der Waals surface area contributed by atoms with Gasteiger partial charge in [0, 0.05) is 17.8 Å². The zero-order valence-corrected chi connectivity index (χ0v) is 18.3. The van der Waals surface area contributed by atoms with Crippen molar-refractivity contribution in [1.29, 1.82) is 0 Å². The van der Waals surface area contributed by atoms with E-state index in [2.05, 4.69) is 15.5 Å². The number of hydrogen-bond donors (Lipinski definition) is 1. The van der Waals surface area contributed by atoms with E-state index in [4.69, 9.17) is 16.3 Å². The molecular formula is C21H23ClN4O2S. The molecule has 0 bridgehead atoms. The monoisotopic (exact) mass is 430 g/mol. The minimum Gasteiger partial charge on any atom is -0.483 e. The molecule has 6 nitrogen and oxygen atoms in total. The fourth-order valence-corrected chi connectivity index (χ4v) is 3.55. The number of carbonyl (C=O) groups excluding carboxylic acids is 1. The van der Waals surface area contributed by atoms with E-state index in [0.29, 0.717) is 21.8 Å². The molecule has 152 valence electrons. The summed E-state index contributed by atoms with van der Waals surface area (Å²) in [6.07, 6.45) is -0.302. The SMILES string of the molecule is Cc1ccc(NC(=O)CSc2nnc(C(C)Oc3ccc(Cl)c(C)c3)n2C)cc1. The third kappa shape index (κ3) is 5.52. The van der Waals surface area contributed by atoms with Crippen LogP contribution >= 0.6 is 23.4 Å². The van der Waals surface area contributed by atoms with Crippen LogP contribution in [0.4, 0.5) is 5.69 Å². The predicted molar refractivity (Wildman–Crippen MR) is 117 cm³/mol. The Kier molecular flexibility index (Phi) is 6.82. The minimum atomic E-state index is -0.302. The lowest BCUT2D eigenvalue weighted by Gasteiger charge is -2.15. The maximum Gasteiger partial charge on any atom is 0.234 e. The molecule has 0 aliphatic rings. The van der Waals surface area contributed by atoms with Gasteiger partial charge >= 0.3 is 0 Å². The lowest BCUT2D eigenvalue weighted by atomic mass is 10.2. The topological polar surface area (TPSA) is 69.0 Å². The number of aryl methyl sites for hydroxylation is 2. The lowest BCUT2D eigenvalue weighted by Crippen LogP contribution is -2.14. The molecule has 0 aliphatic heterocycles. The van der Waals surface area contributed by atoms with E-state index in [1.165, 1.54) is 11.8 Å². The second kappa shape index (κ2) is 9.33. The van der Waals surface area contributed by atoms with Crippen molar-refractivity contribution in [3.8, 4) is 5.75 Å². The van der Waals surface area contributed by atoms with Gasteiger partial charge in [0.15, 0.2) is 17.1 Å². The molecule has 1 heterocycles. The predicted octanol–water partition coefficient (Wildman–Crippen LogP) is 4.96. The molecular weight excluding hydrogens is 408 g/mol. The van der Waals surface area contributed by atoms with Crippen molar-refractivity contribution in [3.63, 3.8) is 0 Å². The van der Waals surface area contributed by atoms with Crippen LogP contribution in [0.2, 0.25) is 5.02 Å². The van der Waals surface area contributed by atoms with Gasteiger partial charge in [0.1, 0.15) is 5.75 Å². The van der Waals surface area contributed by atoms with Gasteiger partial charge in [-0.3, -0.25) is 4.79 Å². The Hall–Kier alpha value is -2.51. The first-order valence-electron chi connectivity index (χ1n) is 9.15. The Morgan fingerprint density at radius 1 is 1.21 bits per heavy atom. The highest BCUT2D eigenvalue weighted by Crippen LogP contribution is 2.26. The van der Waals surface area contributed by atoms with Crippen molar-refractivity contribution in [2.24, 2.45) is 7.05 Å². The zero-order chi connectivity index (χ0) is 21.0. The summed E-state index contributed by atoms with van der Waals surface area (Å²) in [7, 11) is 1.86. The van der Waals surface area contributed by atoms with E-state index in [1.807, 2.05) is 74.9 Å². The number of thioether (sulfide) groups is 1. The van der Waals surface area contributed by atoms with Gasteiger partial charge in [-0.05, 0) is 56.7 Å². The molecule has 1 amide bonds. The smallest absolute Gasteiger partial charge is 0.234 e. The van der Waals surface area contributed by atoms with Gasteiger partial charge in [-0.1, -0.05) is 41.1 Å². The summed E-state index contributed by atoms with van der Waals surface area (Å²) in [5.74, 6) is 1.54. The summed E-state index contributed by atoms with van der Waals surface area (Å²) < 4.78 is 7.82. The number of rotatable bonds is 7. The maximum atomic E-state index is 12.2. The van der Waals surface area contributed by atoms with Crippen LogP contribution in [0.1, 0.15) is 30.0 Å². The minimum absolute atomic E-state index is 0.0932. The largest absolute Gasteiger partial charge is 0.483 e. The summed E-state index contributed by atoms with van der Waals surface area (Å²) in [6.45, 7) is 5.84. The standard InChI is InChI=1S/C21H23ClN4O2S/c1-13-5-7-16(8-6-13)23-19(27)12-29-21-25-24-20(26(21)4)15(3)28-17-9-10-18(22)14(2)11-17/h5-11,15H,12H2,1-4H3,(H,23,27). The average molecular weight is 431 g/mol. The van der Waals surface area contributed by atoms with E-state index in [9.17, 15) is 4.79 Å². The number of ether oxygens (including phenoxy) is 1. The summed E-state index contributed by atoms with van der Waals surface area (Å²) in [6, 6.07) is 13.2. The van der Waals surface area contributed by atoms with Crippen molar-refractivity contribution in [3.05, 3.63) is 64.4 Å². The quantitative estimate of drug-likeness (QED) is 0.536. The molecule has 8 heteroatoms. The van der Waals surface area contributed by atoms with E-state index in [-0.39, 0.29) is 17.8 Å². The highest BCUT2D eigenvalue weighted by Gasteiger charge is 2.18. The third-order valence-corrected chi connectivity index (χ3v) is 5.79. The van der Waals surface area contributed by atoms with Crippen molar-refractivity contribution in [2.75, 3.05) is 11.1 Å². The zero-order valence-electron chi connectivity index (χ0n) is 16.8. The van der Waals surface area contributed by atoms with Crippen LogP contribution in [0.25, 0.3) is 0 Å². The maximum absolute atomic E-state index is 12.2. The first kappa shape index (κ1) is 21.2. The fraction of sp³-hybridized carbons (Fsp3) is 0.286. The molecule has 1 atom stereocenters. The number of anilines is 1. The van der Waals surface area contributed by atoms with Crippen molar-refractivity contribution in [1.82, 2.24) is 14.8 Å². The van der Waals surface area contributed by atoms with Gasteiger partial charge in [0.2, 0.25) is 5.91 Å². The van der Waals surface area contributed by atoms with Gasteiger partial charge in [-0.25, -0.2) is 0 Å². The Labute approximate surface area is 179 Å². The van der Waals surface area contributed by atoms with Crippen LogP contribution in [0.5, 0.6) is 5.75 Å². The van der Waals surface area contributed by atoms with E-state index < -0.39 is 0 Å². The summed E-state index contributed by atoms with van der Waals surface area (Å²) in [5.41, 5.74) is 2.87. The third-order valence-electron chi connectivity index (χ3n) is 4.34. The molecule has 3 aromatic rings. The lowest BCUT2D eigenvalue weighted by molar-refractivity contribution is -0.113. The van der Waals surface area contributed by atoms with Crippen LogP contribution in [0.15, 0.2) is 47.6 Å². The van der Waals surface area contributed by atoms with Crippen molar-refractivity contribution < 1.29 is 9.53 Å². The number of halogens is 1. The van der Waals surface area contributed by atoms with Gasteiger partial charge in [-0.15, -0.1) is 10.2 Å². The Morgan fingerprint density at radius 2 is 1.93 bits per heavy atom. The molecule has 29 heavy (non-hydrogen) atoms. The molecule has 1 unspecified atom stereocenters. The number of carbonyl (C=O) groups is 1. The highest BCUT2D eigenvalue weighted by atomic mass is 35.5. The second-order valence-corrected chi connectivity index (χ2v) is 8.12. The molecule has 2 aromatic carbocycles. The summed E-state index contributed by atoms with van der Waals surface area (Å²) in [5, 5.41) is 12.7. The van der Waals surface area contributed by atoms with E-state index >= 15 is 0 Å². The van der Waals surface area contributed by atoms with Crippen LogP contribution in [-0.2, 0) is 11.8 Å². The Balaban J connectivity index is 1.58. The molecule has 0 fully saturated rings. The normalized spacial score (nSPS) is 11.9. The first-order valence-corrected chi connectivity index (χ1v) is 10.5. The Morgan fingerprint density at radius 3 is 2.62 bits per heavy atom. The molecule has 0 saturated heterocycles. The second-order valence-electron chi connectivity index (χ2n) is 6.77. The number of nitrogens with zero attached hydrogens (tertiary/aromatic N) is 3. The molecule has 0 aliphatic carbocycles. The van der Waals surface area contributed by atoms with Crippen molar-refractivity contribution >= 4 is 35.0 Å². The van der Waals surface area contributed by atoms with Crippen LogP contribution in [0, 0.1) is 13.8 Å². The van der Waals surface area contributed by atoms with E-state index in [1.54, 1.807) is 0 Å². The molecule has 1 aromatic heterocycles. The molecule has 0 spiro atoms. The van der Waals surface area contributed by atoms with Gasteiger partial charge in [0.25, 0.3) is 0 Å². The number of benzene rings is 2. The number of amides is 1. The Bertz CT molecular complexity index is 1000. The van der Waals surface area contributed by atoms with Crippen LogP contribution in [-0.4, -0.2) is 26.4 Å². The van der Waals surface area contributed by atoms with Crippen LogP contribution < -0.4 is 10.1 Å². The number of aromatic nitrogens is 3. The van der Waals surface area contributed by atoms with Gasteiger partial charge in [0.05, 0.1) is 5.75 Å². The molecule has 0 radical (unpaired) electrons. The summed E-state index contributed by atoms with van der Waals surface area (Å²) >= 11 is 7.39. The fourth-order valence-electron chi connectivity index (χ4n) is 2.72. The van der Waals surface area contributed by atoms with E-state index in [0.717, 1.165) is 16.8 Å². The van der Waals surface area contributed by atoms with Crippen molar-refractivity contribution in [2.45, 2.75) is 32.0 Å².